The molecule has 1 fully saturated rings. The second kappa shape index (κ2) is 6.23. The van der Waals surface area contributed by atoms with Crippen molar-refractivity contribution in [1.82, 2.24) is 4.98 Å². The molecule has 0 unspecified atom stereocenters. The van der Waals surface area contributed by atoms with Gasteiger partial charge < -0.3 is 15.4 Å². The Morgan fingerprint density at radius 1 is 1.36 bits per heavy atom. The number of nitrogens with zero attached hydrogens (tertiary/aromatic N) is 1. The van der Waals surface area contributed by atoms with Gasteiger partial charge in [0, 0.05) is 24.0 Å². The van der Waals surface area contributed by atoms with E-state index in [0.29, 0.717) is 33.9 Å². The minimum absolute atomic E-state index is 0.278. The summed E-state index contributed by atoms with van der Waals surface area (Å²) in [6.45, 7) is 0. The number of benzene rings is 1. The Hall–Kier alpha value is -2.27. The fourth-order valence-corrected chi connectivity index (χ4v) is 2.22. The number of methoxy groups -OCH3 is 1. The maximum atomic E-state index is 12.4. The van der Waals surface area contributed by atoms with E-state index >= 15 is 0 Å². The number of rotatable bonds is 5. The number of amides is 1. The summed E-state index contributed by atoms with van der Waals surface area (Å²) < 4.78 is 5.14. The van der Waals surface area contributed by atoms with Crippen LogP contribution >= 0.6 is 11.6 Å². The fourth-order valence-electron chi connectivity index (χ4n) is 2.03. The Morgan fingerprint density at radius 2 is 2.18 bits per heavy atom. The summed E-state index contributed by atoms with van der Waals surface area (Å²) in [5.74, 6) is 1.07. The third-order valence-electron chi connectivity index (χ3n) is 3.36. The molecular formula is C16H16ClN3O2. The number of ether oxygens (including phenoxy) is 1. The minimum Gasteiger partial charge on any atom is -0.497 e. The van der Waals surface area contributed by atoms with Crippen LogP contribution in [0, 0.1) is 0 Å². The molecule has 2 N–H and O–H groups in total. The minimum atomic E-state index is -0.278. The monoisotopic (exact) mass is 317 g/mol. The highest BCUT2D eigenvalue weighted by Gasteiger charge is 2.22. The first kappa shape index (κ1) is 14.7. The van der Waals surface area contributed by atoms with E-state index in [-0.39, 0.29) is 5.91 Å². The zero-order valence-corrected chi connectivity index (χ0v) is 12.9. The van der Waals surface area contributed by atoms with E-state index in [2.05, 4.69) is 15.6 Å². The van der Waals surface area contributed by atoms with Gasteiger partial charge in [-0.2, -0.15) is 0 Å². The van der Waals surface area contributed by atoms with Gasteiger partial charge in [-0.1, -0.05) is 17.7 Å². The molecular weight excluding hydrogens is 302 g/mol. The number of aromatic nitrogens is 1. The van der Waals surface area contributed by atoms with Gasteiger partial charge in [0.2, 0.25) is 0 Å². The number of hydrogen-bond acceptors (Lipinski definition) is 4. The highest BCUT2D eigenvalue weighted by Crippen LogP contribution is 2.26. The average molecular weight is 318 g/mol. The molecule has 1 heterocycles. The summed E-state index contributed by atoms with van der Waals surface area (Å²) in [6.07, 6.45) is 3.76. The van der Waals surface area contributed by atoms with Crippen LogP contribution in [0.15, 0.2) is 36.5 Å². The van der Waals surface area contributed by atoms with Crippen molar-refractivity contribution < 1.29 is 9.53 Å². The lowest BCUT2D eigenvalue weighted by atomic mass is 10.2. The number of nitrogens with one attached hydrogen (secondary N) is 2. The zero-order chi connectivity index (χ0) is 15.5. The van der Waals surface area contributed by atoms with Crippen LogP contribution in [0.3, 0.4) is 0 Å². The van der Waals surface area contributed by atoms with Gasteiger partial charge in [0.25, 0.3) is 5.91 Å². The number of carbonyl (C=O) groups excluding carboxylic acids is 1. The molecule has 0 atom stereocenters. The Labute approximate surface area is 133 Å². The van der Waals surface area contributed by atoms with Crippen molar-refractivity contribution in [2.45, 2.75) is 18.9 Å². The molecule has 0 saturated heterocycles. The van der Waals surface area contributed by atoms with E-state index in [1.165, 1.54) is 6.20 Å². The molecule has 3 rings (SSSR count). The normalized spacial score (nSPS) is 13.5. The lowest BCUT2D eigenvalue weighted by Gasteiger charge is -2.10. The predicted molar refractivity (Wildman–Crippen MR) is 86.8 cm³/mol. The largest absolute Gasteiger partial charge is 0.497 e. The Bertz CT molecular complexity index is 702. The van der Waals surface area contributed by atoms with Crippen molar-refractivity contribution in [1.29, 1.82) is 0 Å². The number of anilines is 2. The Kier molecular flexibility index (Phi) is 4.15. The van der Waals surface area contributed by atoms with Crippen LogP contribution in [-0.2, 0) is 0 Å². The van der Waals surface area contributed by atoms with Gasteiger partial charge >= 0.3 is 0 Å². The van der Waals surface area contributed by atoms with Gasteiger partial charge in [-0.3, -0.25) is 4.79 Å². The SMILES string of the molecule is COc1cccc(NC(=O)c2cc(NC3CC3)ncc2Cl)c1. The molecule has 6 heteroatoms. The number of carbonyl (C=O) groups is 1. The van der Waals surface area contributed by atoms with Crippen molar-refractivity contribution in [3.63, 3.8) is 0 Å². The van der Waals surface area contributed by atoms with E-state index in [4.69, 9.17) is 16.3 Å². The molecule has 0 spiro atoms. The molecule has 1 aromatic carbocycles. The standard InChI is InChI=1S/C16H16ClN3O2/c1-22-12-4-2-3-11(7-12)20-16(21)13-8-15(18-9-14(13)17)19-10-5-6-10/h2-4,7-10H,5-6H2,1H3,(H,18,19)(H,20,21). The zero-order valence-electron chi connectivity index (χ0n) is 12.1. The third-order valence-corrected chi connectivity index (χ3v) is 3.66. The molecule has 1 aliphatic carbocycles. The van der Waals surface area contributed by atoms with Crippen LogP contribution in [0.2, 0.25) is 5.02 Å². The third kappa shape index (κ3) is 3.49. The highest BCUT2D eigenvalue weighted by molar-refractivity contribution is 6.34. The van der Waals surface area contributed by atoms with E-state index in [9.17, 15) is 4.79 Å². The first-order chi connectivity index (χ1) is 10.7. The molecule has 2 aromatic rings. The first-order valence-corrected chi connectivity index (χ1v) is 7.41. The van der Waals surface area contributed by atoms with E-state index < -0.39 is 0 Å². The van der Waals surface area contributed by atoms with E-state index in [1.807, 2.05) is 12.1 Å². The van der Waals surface area contributed by atoms with Gasteiger partial charge in [0.1, 0.15) is 11.6 Å². The quantitative estimate of drug-likeness (QED) is 0.885. The summed E-state index contributed by atoms with van der Waals surface area (Å²) in [5.41, 5.74) is 1.04. The highest BCUT2D eigenvalue weighted by atomic mass is 35.5. The van der Waals surface area contributed by atoms with Crippen LogP contribution in [0.25, 0.3) is 0 Å². The number of halogens is 1. The van der Waals surface area contributed by atoms with Crippen molar-refractivity contribution in [2.75, 3.05) is 17.7 Å². The van der Waals surface area contributed by atoms with Gasteiger partial charge in [0.05, 0.1) is 17.7 Å². The Morgan fingerprint density at radius 3 is 2.91 bits per heavy atom. The van der Waals surface area contributed by atoms with Gasteiger partial charge in [0.15, 0.2) is 0 Å². The lowest BCUT2D eigenvalue weighted by molar-refractivity contribution is 0.102. The molecule has 0 radical (unpaired) electrons. The molecule has 22 heavy (non-hydrogen) atoms. The average Bonchev–Trinajstić information content (AvgIpc) is 3.33. The van der Waals surface area contributed by atoms with E-state index in [1.54, 1.807) is 25.3 Å². The maximum Gasteiger partial charge on any atom is 0.257 e. The summed E-state index contributed by atoms with van der Waals surface area (Å²) in [4.78, 5) is 16.6. The number of pyridine rings is 1. The van der Waals surface area contributed by atoms with Crippen LogP contribution < -0.4 is 15.4 Å². The maximum absolute atomic E-state index is 12.4. The molecule has 0 aliphatic heterocycles. The van der Waals surface area contributed by atoms with Crippen molar-refractivity contribution in [3.8, 4) is 5.75 Å². The fraction of sp³-hybridized carbons (Fsp3) is 0.250. The smallest absolute Gasteiger partial charge is 0.257 e. The van der Waals surface area contributed by atoms with Crippen molar-refractivity contribution >= 4 is 29.0 Å². The molecule has 114 valence electrons. The van der Waals surface area contributed by atoms with Crippen LogP contribution in [-0.4, -0.2) is 24.0 Å². The second-order valence-corrected chi connectivity index (χ2v) is 5.56. The number of hydrogen-bond donors (Lipinski definition) is 2. The summed E-state index contributed by atoms with van der Waals surface area (Å²) in [5, 5.41) is 6.38. The summed E-state index contributed by atoms with van der Waals surface area (Å²) in [7, 11) is 1.58. The first-order valence-electron chi connectivity index (χ1n) is 7.03. The predicted octanol–water partition coefficient (Wildman–Crippen LogP) is 3.57. The van der Waals surface area contributed by atoms with Crippen LogP contribution in [0.1, 0.15) is 23.2 Å². The van der Waals surface area contributed by atoms with Crippen molar-refractivity contribution in [3.05, 3.63) is 47.1 Å². The molecule has 1 aromatic heterocycles. The molecule has 1 amide bonds. The van der Waals surface area contributed by atoms with Crippen LogP contribution in [0.5, 0.6) is 5.75 Å². The second-order valence-electron chi connectivity index (χ2n) is 5.15. The molecule has 0 bridgehead atoms. The molecule has 5 nitrogen and oxygen atoms in total. The van der Waals surface area contributed by atoms with Gasteiger partial charge in [-0.15, -0.1) is 0 Å². The topological polar surface area (TPSA) is 63.2 Å². The van der Waals surface area contributed by atoms with Crippen LogP contribution in [0.4, 0.5) is 11.5 Å². The van der Waals surface area contributed by atoms with Gasteiger partial charge in [-0.05, 0) is 31.0 Å². The lowest BCUT2D eigenvalue weighted by Crippen LogP contribution is -2.14. The molecule has 1 saturated carbocycles. The van der Waals surface area contributed by atoms with Crippen molar-refractivity contribution in [2.24, 2.45) is 0 Å². The van der Waals surface area contributed by atoms with Gasteiger partial charge in [-0.25, -0.2) is 4.98 Å². The summed E-state index contributed by atoms with van der Waals surface area (Å²) in [6, 6.07) is 9.30. The van der Waals surface area contributed by atoms with E-state index in [0.717, 1.165) is 12.8 Å². The summed E-state index contributed by atoms with van der Waals surface area (Å²) >= 11 is 6.09. The molecule has 1 aliphatic rings. The Balaban J connectivity index is 1.78.